The number of anilines is 1. The van der Waals surface area contributed by atoms with Gasteiger partial charge in [-0.25, -0.2) is 0 Å². The highest BCUT2D eigenvalue weighted by atomic mass is 79.9. The van der Waals surface area contributed by atoms with E-state index in [-0.39, 0.29) is 17.6 Å². The van der Waals surface area contributed by atoms with Crippen LogP contribution in [0.3, 0.4) is 0 Å². The molecular formula is C21H17BrN2O3. The molecule has 0 radical (unpaired) electrons. The highest BCUT2D eigenvalue weighted by Crippen LogP contribution is 2.26. The lowest BCUT2D eigenvalue weighted by atomic mass is 9.93. The first-order valence-corrected chi connectivity index (χ1v) is 9.39. The van der Waals surface area contributed by atoms with Crippen LogP contribution in [0.25, 0.3) is 0 Å². The zero-order valence-corrected chi connectivity index (χ0v) is 16.0. The Labute approximate surface area is 165 Å². The van der Waals surface area contributed by atoms with Gasteiger partial charge in [-0.3, -0.25) is 9.59 Å². The smallest absolute Gasteiger partial charge is 0.290 e. The van der Waals surface area contributed by atoms with Crippen LogP contribution < -0.4 is 5.32 Å². The average molecular weight is 425 g/mol. The molecule has 0 saturated heterocycles. The minimum Gasteiger partial charge on any atom is -0.459 e. The van der Waals surface area contributed by atoms with Gasteiger partial charge in [-0.15, -0.1) is 0 Å². The van der Waals surface area contributed by atoms with Gasteiger partial charge in [0.15, 0.2) is 5.76 Å². The Hall–Kier alpha value is -2.86. The molecule has 1 N–H and O–H groups in total. The largest absolute Gasteiger partial charge is 0.459 e. The van der Waals surface area contributed by atoms with Crippen molar-refractivity contribution in [2.45, 2.75) is 19.0 Å². The molecule has 0 bridgehead atoms. The summed E-state index contributed by atoms with van der Waals surface area (Å²) in [4.78, 5) is 27.5. The predicted molar refractivity (Wildman–Crippen MR) is 105 cm³/mol. The molecule has 2 aromatic carbocycles. The monoisotopic (exact) mass is 424 g/mol. The number of amides is 2. The number of halogens is 1. The highest BCUT2D eigenvalue weighted by molar-refractivity contribution is 9.10. The standard InChI is InChI=1S/C21H17BrN2O3/c22-16-7-9-17(10-8-16)23-20(25)18-12-14-4-1-2-5-15(14)13-24(18)21(26)19-6-3-11-27-19/h1-11,18H,12-13H2,(H,23,25)/t18-/m1/s1. The number of furan rings is 1. The minimum atomic E-state index is -0.610. The summed E-state index contributed by atoms with van der Waals surface area (Å²) < 4.78 is 6.20. The van der Waals surface area contributed by atoms with Crippen LogP contribution in [0.5, 0.6) is 0 Å². The van der Waals surface area contributed by atoms with Crippen LogP contribution >= 0.6 is 15.9 Å². The van der Waals surface area contributed by atoms with E-state index in [1.54, 1.807) is 17.0 Å². The maximum Gasteiger partial charge on any atom is 0.290 e. The second-order valence-electron chi connectivity index (χ2n) is 6.40. The molecule has 4 rings (SSSR count). The van der Waals surface area contributed by atoms with Crippen molar-refractivity contribution in [2.24, 2.45) is 0 Å². The van der Waals surface area contributed by atoms with Crippen LogP contribution in [0.2, 0.25) is 0 Å². The third kappa shape index (κ3) is 3.66. The fraction of sp³-hybridized carbons (Fsp3) is 0.143. The Kier molecular flexibility index (Phi) is 4.81. The number of carbonyl (C=O) groups excluding carboxylic acids is 2. The number of nitrogens with one attached hydrogen (secondary N) is 1. The van der Waals surface area contributed by atoms with Crippen LogP contribution in [0.1, 0.15) is 21.7 Å². The van der Waals surface area contributed by atoms with Gasteiger partial charge in [-0.2, -0.15) is 0 Å². The maximum absolute atomic E-state index is 13.0. The third-order valence-electron chi connectivity index (χ3n) is 4.66. The summed E-state index contributed by atoms with van der Waals surface area (Å²) in [5, 5.41) is 2.92. The Morgan fingerprint density at radius 2 is 1.74 bits per heavy atom. The van der Waals surface area contributed by atoms with E-state index < -0.39 is 6.04 Å². The van der Waals surface area contributed by atoms with E-state index >= 15 is 0 Å². The third-order valence-corrected chi connectivity index (χ3v) is 5.18. The molecule has 0 saturated carbocycles. The number of benzene rings is 2. The Morgan fingerprint density at radius 1 is 1.00 bits per heavy atom. The lowest BCUT2D eigenvalue weighted by molar-refractivity contribution is -0.121. The van der Waals surface area contributed by atoms with Gasteiger partial charge in [-0.05, 0) is 47.5 Å². The number of hydrogen-bond donors (Lipinski definition) is 1. The Balaban J connectivity index is 1.63. The summed E-state index contributed by atoms with van der Waals surface area (Å²) in [5.74, 6) is -0.270. The first kappa shape index (κ1) is 17.5. The number of rotatable bonds is 3. The molecule has 1 aliphatic heterocycles. The second-order valence-corrected chi connectivity index (χ2v) is 7.31. The fourth-order valence-electron chi connectivity index (χ4n) is 3.27. The lowest BCUT2D eigenvalue weighted by Crippen LogP contribution is -2.50. The summed E-state index contributed by atoms with van der Waals surface area (Å²) >= 11 is 3.38. The van der Waals surface area contributed by atoms with E-state index in [2.05, 4.69) is 21.2 Å². The van der Waals surface area contributed by atoms with Gasteiger partial charge in [0.1, 0.15) is 6.04 Å². The summed E-state index contributed by atoms with van der Waals surface area (Å²) in [5.41, 5.74) is 2.81. The molecule has 1 aromatic heterocycles. The predicted octanol–water partition coefficient (Wildman–Crippen LogP) is 4.25. The highest BCUT2D eigenvalue weighted by Gasteiger charge is 2.35. The number of fused-ring (bicyclic) bond motifs is 1. The fourth-order valence-corrected chi connectivity index (χ4v) is 3.54. The van der Waals surface area contributed by atoms with Gasteiger partial charge in [0, 0.05) is 23.1 Å². The topological polar surface area (TPSA) is 62.6 Å². The zero-order chi connectivity index (χ0) is 18.8. The van der Waals surface area contributed by atoms with Gasteiger partial charge in [0.25, 0.3) is 5.91 Å². The first-order valence-electron chi connectivity index (χ1n) is 8.59. The van der Waals surface area contributed by atoms with Gasteiger partial charge in [-0.1, -0.05) is 40.2 Å². The van der Waals surface area contributed by atoms with Crippen molar-refractivity contribution in [1.29, 1.82) is 0 Å². The molecule has 2 amide bonds. The molecular weight excluding hydrogens is 408 g/mol. The summed E-state index contributed by atoms with van der Waals surface area (Å²) in [6.45, 7) is 0.369. The van der Waals surface area contributed by atoms with Crippen molar-refractivity contribution in [3.05, 3.63) is 88.3 Å². The van der Waals surface area contributed by atoms with Crippen LogP contribution in [0.15, 0.2) is 75.8 Å². The first-order chi connectivity index (χ1) is 13.1. The number of nitrogens with zero attached hydrogens (tertiary/aromatic N) is 1. The van der Waals surface area contributed by atoms with Gasteiger partial charge in [0.05, 0.1) is 6.26 Å². The van der Waals surface area contributed by atoms with E-state index in [0.29, 0.717) is 18.7 Å². The quantitative estimate of drug-likeness (QED) is 0.683. The van der Waals surface area contributed by atoms with Crippen molar-refractivity contribution in [3.63, 3.8) is 0 Å². The van der Waals surface area contributed by atoms with Crippen LogP contribution in [0, 0.1) is 0 Å². The number of hydrogen-bond acceptors (Lipinski definition) is 3. The Bertz CT molecular complexity index is 967. The van der Waals surface area contributed by atoms with E-state index in [9.17, 15) is 9.59 Å². The van der Waals surface area contributed by atoms with E-state index in [0.717, 1.165) is 15.6 Å². The van der Waals surface area contributed by atoms with Crippen molar-refractivity contribution < 1.29 is 14.0 Å². The van der Waals surface area contributed by atoms with Gasteiger partial charge in [0.2, 0.25) is 5.91 Å². The summed E-state index contributed by atoms with van der Waals surface area (Å²) in [7, 11) is 0. The van der Waals surface area contributed by atoms with Crippen LogP contribution in [-0.2, 0) is 17.8 Å². The molecule has 1 aliphatic rings. The van der Waals surface area contributed by atoms with Crippen LogP contribution in [-0.4, -0.2) is 22.8 Å². The van der Waals surface area contributed by atoms with Crippen molar-refractivity contribution in [2.75, 3.05) is 5.32 Å². The minimum absolute atomic E-state index is 0.216. The molecule has 0 unspecified atom stereocenters. The van der Waals surface area contributed by atoms with E-state index in [1.165, 1.54) is 6.26 Å². The molecule has 5 nitrogen and oxygen atoms in total. The second kappa shape index (κ2) is 7.40. The SMILES string of the molecule is O=C(Nc1ccc(Br)cc1)[C@H]1Cc2ccccc2CN1C(=O)c1ccco1. The van der Waals surface area contributed by atoms with Crippen molar-refractivity contribution in [3.8, 4) is 0 Å². The molecule has 3 aromatic rings. The van der Waals surface area contributed by atoms with Crippen molar-refractivity contribution >= 4 is 33.4 Å². The molecule has 0 fully saturated rings. The molecule has 27 heavy (non-hydrogen) atoms. The van der Waals surface area contributed by atoms with Gasteiger partial charge < -0.3 is 14.6 Å². The maximum atomic E-state index is 13.0. The van der Waals surface area contributed by atoms with E-state index in [4.69, 9.17) is 4.42 Å². The lowest BCUT2D eigenvalue weighted by Gasteiger charge is -2.35. The Morgan fingerprint density at radius 3 is 2.44 bits per heavy atom. The molecule has 2 heterocycles. The number of carbonyl (C=O) groups is 2. The van der Waals surface area contributed by atoms with Crippen molar-refractivity contribution in [1.82, 2.24) is 4.90 Å². The normalized spacial score (nSPS) is 15.9. The molecule has 0 aliphatic carbocycles. The summed E-state index contributed by atoms with van der Waals surface area (Å²) in [6, 6.07) is 17.9. The molecule has 136 valence electrons. The average Bonchev–Trinajstić information content (AvgIpc) is 3.23. The van der Waals surface area contributed by atoms with Gasteiger partial charge >= 0.3 is 0 Å². The zero-order valence-electron chi connectivity index (χ0n) is 14.4. The molecule has 1 atom stereocenters. The van der Waals surface area contributed by atoms with E-state index in [1.807, 2.05) is 48.5 Å². The molecule has 0 spiro atoms. The van der Waals surface area contributed by atoms with Crippen LogP contribution in [0.4, 0.5) is 5.69 Å². The molecule has 6 heteroatoms. The summed E-state index contributed by atoms with van der Waals surface area (Å²) in [6.07, 6.45) is 1.92.